The highest BCUT2D eigenvalue weighted by molar-refractivity contribution is 5.77. The number of methoxy groups -OCH3 is 1. The SMILES string of the molecule is COc1ccc(-c2ccc(=O)n(CC(=O)N3CCCC4=CC5CC(CN6CCCCC56)C43)n2)cc1. The molecule has 4 unspecified atom stereocenters. The van der Waals surface area contributed by atoms with Gasteiger partial charge in [0.25, 0.3) is 5.56 Å². The first kappa shape index (κ1) is 22.5. The van der Waals surface area contributed by atoms with Crippen LogP contribution >= 0.6 is 0 Å². The second-order valence-corrected chi connectivity index (χ2v) is 10.5. The number of carbonyl (C=O) groups excluding carboxylic acids is 1. The Morgan fingerprint density at radius 3 is 2.77 bits per heavy atom. The molecule has 3 aliphatic heterocycles. The van der Waals surface area contributed by atoms with Crippen LogP contribution < -0.4 is 10.3 Å². The minimum absolute atomic E-state index is 0.00120. The fraction of sp³-hybridized carbons (Fsp3) is 0.536. The number of carbonyl (C=O) groups is 1. The highest BCUT2D eigenvalue weighted by Crippen LogP contribution is 2.45. The topological polar surface area (TPSA) is 67.7 Å². The number of hydrogen-bond acceptors (Lipinski definition) is 5. The van der Waals surface area contributed by atoms with Gasteiger partial charge in [-0.2, -0.15) is 5.10 Å². The van der Waals surface area contributed by atoms with Gasteiger partial charge in [0.2, 0.25) is 5.91 Å². The zero-order valence-electron chi connectivity index (χ0n) is 20.4. The highest BCUT2D eigenvalue weighted by Gasteiger charge is 2.46. The fourth-order valence-corrected chi connectivity index (χ4v) is 6.95. The van der Waals surface area contributed by atoms with Crippen molar-refractivity contribution in [3.8, 4) is 17.0 Å². The van der Waals surface area contributed by atoms with Gasteiger partial charge < -0.3 is 9.64 Å². The minimum Gasteiger partial charge on any atom is -0.497 e. The van der Waals surface area contributed by atoms with Crippen molar-refractivity contribution >= 4 is 5.91 Å². The number of piperidine rings is 3. The Labute approximate surface area is 206 Å². The van der Waals surface area contributed by atoms with Gasteiger partial charge in [-0.3, -0.25) is 14.5 Å². The molecule has 4 heterocycles. The van der Waals surface area contributed by atoms with Crippen molar-refractivity contribution in [3.05, 3.63) is 58.4 Å². The van der Waals surface area contributed by atoms with Crippen molar-refractivity contribution in [2.24, 2.45) is 11.8 Å². The Morgan fingerprint density at radius 1 is 1.09 bits per heavy atom. The van der Waals surface area contributed by atoms with E-state index in [-0.39, 0.29) is 24.1 Å². The van der Waals surface area contributed by atoms with E-state index in [0.717, 1.165) is 37.2 Å². The van der Waals surface area contributed by atoms with Gasteiger partial charge >= 0.3 is 0 Å². The molecule has 3 saturated heterocycles. The largest absolute Gasteiger partial charge is 0.497 e. The molecule has 0 radical (unpaired) electrons. The number of amides is 1. The van der Waals surface area contributed by atoms with Crippen LogP contribution in [0, 0.1) is 11.8 Å². The lowest BCUT2D eigenvalue weighted by Crippen LogP contribution is -2.60. The van der Waals surface area contributed by atoms with Crippen LogP contribution in [0.25, 0.3) is 11.3 Å². The van der Waals surface area contributed by atoms with E-state index in [2.05, 4.69) is 21.0 Å². The number of nitrogens with zero attached hydrogens (tertiary/aromatic N) is 4. The van der Waals surface area contributed by atoms with E-state index in [9.17, 15) is 9.59 Å². The Hall–Kier alpha value is -2.93. The summed E-state index contributed by atoms with van der Waals surface area (Å²) in [5, 5.41) is 4.55. The normalized spacial score (nSPS) is 28.0. The molecular formula is C28H34N4O3. The minimum atomic E-state index is -0.249. The van der Waals surface area contributed by atoms with Crippen molar-refractivity contribution in [2.45, 2.75) is 57.2 Å². The van der Waals surface area contributed by atoms with E-state index in [1.807, 2.05) is 24.3 Å². The second kappa shape index (κ2) is 9.26. The van der Waals surface area contributed by atoms with Crippen LogP contribution in [0.3, 0.4) is 0 Å². The zero-order chi connectivity index (χ0) is 23.9. The lowest BCUT2D eigenvalue weighted by Gasteiger charge is -2.54. The molecule has 2 bridgehead atoms. The summed E-state index contributed by atoms with van der Waals surface area (Å²) < 4.78 is 6.56. The van der Waals surface area contributed by atoms with Crippen molar-refractivity contribution in [1.29, 1.82) is 0 Å². The number of ether oxygens (including phenoxy) is 1. The van der Waals surface area contributed by atoms with Crippen LogP contribution in [-0.2, 0) is 11.3 Å². The summed E-state index contributed by atoms with van der Waals surface area (Å²) in [6.07, 6.45) is 9.75. The van der Waals surface area contributed by atoms with E-state index in [1.54, 1.807) is 13.2 Å². The van der Waals surface area contributed by atoms with Crippen LogP contribution in [0.2, 0.25) is 0 Å². The highest BCUT2D eigenvalue weighted by atomic mass is 16.5. The van der Waals surface area contributed by atoms with Gasteiger partial charge in [-0.25, -0.2) is 4.68 Å². The first-order valence-corrected chi connectivity index (χ1v) is 13.1. The summed E-state index contributed by atoms with van der Waals surface area (Å²) >= 11 is 0. The second-order valence-electron chi connectivity index (χ2n) is 10.5. The summed E-state index contributed by atoms with van der Waals surface area (Å²) in [5.74, 6) is 1.90. The van der Waals surface area contributed by atoms with Gasteiger partial charge in [-0.05, 0) is 80.8 Å². The number of aromatic nitrogens is 2. The predicted molar refractivity (Wildman–Crippen MR) is 134 cm³/mol. The quantitative estimate of drug-likeness (QED) is 0.636. The van der Waals surface area contributed by atoms with Gasteiger partial charge in [0.1, 0.15) is 12.3 Å². The maximum Gasteiger partial charge on any atom is 0.267 e. The van der Waals surface area contributed by atoms with Gasteiger partial charge in [0.15, 0.2) is 0 Å². The number of benzene rings is 1. The molecule has 184 valence electrons. The average Bonchev–Trinajstić information content (AvgIpc) is 2.89. The maximum atomic E-state index is 13.6. The Morgan fingerprint density at radius 2 is 1.94 bits per heavy atom. The fourth-order valence-electron chi connectivity index (χ4n) is 6.95. The molecule has 2 aromatic rings. The summed E-state index contributed by atoms with van der Waals surface area (Å²) in [6.45, 7) is 3.03. The first-order chi connectivity index (χ1) is 17.1. The van der Waals surface area contributed by atoms with Crippen molar-refractivity contribution < 1.29 is 9.53 Å². The van der Waals surface area contributed by atoms with E-state index < -0.39 is 0 Å². The Balaban J connectivity index is 1.24. The number of likely N-dealkylation sites (tertiary alicyclic amines) is 1. The Kier molecular flexibility index (Phi) is 5.96. The molecule has 0 spiro atoms. The molecule has 1 amide bonds. The van der Waals surface area contributed by atoms with Crippen molar-refractivity contribution in [1.82, 2.24) is 19.6 Å². The summed E-state index contributed by atoms with van der Waals surface area (Å²) in [6, 6.07) is 11.7. The van der Waals surface area contributed by atoms with E-state index >= 15 is 0 Å². The third-order valence-corrected chi connectivity index (χ3v) is 8.51. The van der Waals surface area contributed by atoms with E-state index in [1.165, 1.54) is 48.5 Å². The predicted octanol–water partition coefficient (Wildman–Crippen LogP) is 3.34. The van der Waals surface area contributed by atoms with Crippen LogP contribution in [-0.4, -0.2) is 64.3 Å². The van der Waals surface area contributed by atoms with Crippen LogP contribution in [0.15, 0.2) is 52.8 Å². The molecule has 0 N–H and O–H groups in total. The number of fused-ring (bicyclic) bond motifs is 6. The molecule has 7 heteroatoms. The zero-order valence-corrected chi connectivity index (χ0v) is 20.4. The number of hydrogen-bond donors (Lipinski definition) is 0. The maximum absolute atomic E-state index is 13.6. The van der Waals surface area contributed by atoms with Gasteiger partial charge in [0.05, 0.1) is 18.8 Å². The molecule has 4 atom stereocenters. The molecular weight excluding hydrogens is 440 g/mol. The van der Waals surface area contributed by atoms with Crippen LogP contribution in [0.4, 0.5) is 0 Å². The van der Waals surface area contributed by atoms with Crippen LogP contribution in [0.5, 0.6) is 5.75 Å². The number of rotatable bonds is 4. The molecule has 7 nitrogen and oxygen atoms in total. The lowest BCUT2D eigenvalue weighted by atomic mass is 9.68. The molecule has 1 aliphatic carbocycles. The molecule has 1 aromatic heterocycles. The molecule has 0 saturated carbocycles. The van der Waals surface area contributed by atoms with Crippen LogP contribution in [0.1, 0.15) is 38.5 Å². The molecule has 4 aliphatic rings. The van der Waals surface area contributed by atoms with Crippen molar-refractivity contribution in [2.75, 3.05) is 26.7 Å². The Bertz CT molecular complexity index is 1190. The third kappa shape index (κ3) is 4.20. The van der Waals surface area contributed by atoms with E-state index in [0.29, 0.717) is 23.6 Å². The van der Waals surface area contributed by atoms with Gasteiger partial charge in [-0.1, -0.05) is 18.1 Å². The summed E-state index contributed by atoms with van der Waals surface area (Å²) in [7, 11) is 1.63. The average molecular weight is 475 g/mol. The van der Waals surface area contributed by atoms with Gasteiger partial charge in [-0.15, -0.1) is 0 Å². The first-order valence-electron chi connectivity index (χ1n) is 13.1. The smallest absolute Gasteiger partial charge is 0.267 e. The standard InChI is InChI=1S/C28H34N4O3/c1-35-23-9-7-19(8-10-23)24-11-12-26(33)32(29-24)18-27(34)31-14-4-5-20-15-21-16-22(28(20)31)17-30-13-3-2-6-25(21)30/h7-12,15,21-22,25,28H,2-6,13-14,16-18H2,1H3. The molecule has 35 heavy (non-hydrogen) atoms. The summed E-state index contributed by atoms with van der Waals surface area (Å²) in [4.78, 5) is 31.0. The summed E-state index contributed by atoms with van der Waals surface area (Å²) in [5.41, 5.74) is 2.76. The molecule has 1 aromatic carbocycles. The van der Waals surface area contributed by atoms with Gasteiger partial charge in [0, 0.05) is 30.8 Å². The third-order valence-electron chi connectivity index (χ3n) is 8.51. The monoisotopic (exact) mass is 474 g/mol. The molecule has 6 rings (SSSR count). The lowest BCUT2D eigenvalue weighted by molar-refractivity contribution is -0.137. The molecule has 3 fully saturated rings. The van der Waals surface area contributed by atoms with E-state index in [4.69, 9.17) is 4.74 Å². The van der Waals surface area contributed by atoms with Crippen molar-refractivity contribution in [3.63, 3.8) is 0 Å².